The highest BCUT2D eigenvalue weighted by Crippen LogP contribution is 2.31. The van der Waals surface area contributed by atoms with Crippen LogP contribution in [0.3, 0.4) is 0 Å². The second-order valence-corrected chi connectivity index (χ2v) is 5.37. The number of phenols is 2. The van der Waals surface area contributed by atoms with Gasteiger partial charge in [-0.25, -0.2) is 0 Å². The molecule has 2 rings (SSSR count). The number of methoxy groups -OCH3 is 2. The van der Waals surface area contributed by atoms with Crippen LogP contribution in [0.15, 0.2) is 36.4 Å². The molecule has 0 amide bonds. The largest absolute Gasteiger partial charge is 0.504 e. The zero-order valence-electron chi connectivity index (χ0n) is 13.8. The third-order valence-corrected chi connectivity index (χ3v) is 3.78. The summed E-state index contributed by atoms with van der Waals surface area (Å²) < 4.78 is 10.7. The average molecular weight is 333 g/mol. The maximum atomic E-state index is 10.1. The normalized spacial score (nSPS) is 12.0. The number of aliphatic hydroxyl groups is 1. The third kappa shape index (κ3) is 4.31. The minimum absolute atomic E-state index is 0.205. The molecule has 1 atom stereocenters. The van der Waals surface area contributed by atoms with E-state index >= 15 is 0 Å². The van der Waals surface area contributed by atoms with Crippen LogP contribution in [-0.2, 0) is 6.42 Å². The topological polar surface area (TPSA) is 91.2 Å². The Morgan fingerprint density at radius 3 is 2.50 bits per heavy atom. The Morgan fingerprint density at radius 2 is 1.83 bits per heavy atom. The quantitative estimate of drug-likeness (QED) is 0.436. The first kappa shape index (κ1) is 17.9. The molecular formula is C18H23NO5. The lowest BCUT2D eigenvalue weighted by atomic mass is 10.1. The molecule has 0 unspecified atom stereocenters. The number of rotatable bonds is 8. The number of hydrogen-bond acceptors (Lipinski definition) is 6. The molecule has 0 aliphatic heterocycles. The molecule has 4 N–H and O–H groups in total. The molecule has 24 heavy (non-hydrogen) atoms. The third-order valence-electron chi connectivity index (χ3n) is 3.78. The van der Waals surface area contributed by atoms with Crippen LogP contribution in [-0.4, -0.2) is 42.6 Å². The highest BCUT2D eigenvalue weighted by atomic mass is 16.5. The smallest absolute Gasteiger partial charge is 0.163 e. The minimum atomic E-state index is -0.774. The van der Waals surface area contributed by atoms with Crippen molar-refractivity contribution >= 4 is 0 Å². The molecule has 0 spiro atoms. The zero-order valence-corrected chi connectivity index (χ0v) is 13.8. The van der Waals surface area contributed by atoms with Crippen LogP contribution in [0.25, 0.3) is 0 Å². The molecule has 6 heteroatoms. The van der Waals surface area contributed by atoms with Crippen molar-refractivity contribution < 1.29 is 24.8 Å². The van der Waals surface area contributed by atoms with Crippen LogP contribution in [0.5, 0.6) is 23.0 Å². The molecule has 0 radical (unpaired) electrons. The number of hydrogen-bond donors (Lipinski definition) is 4. The van der Waals surface area contributed by atoms with E-state index in [4.69, 9.17) is 9.47 Å². The summed E-state index contributed by atoms with van der Waals surface area (Å²) in [6.07, 6.45) is -0.0582. The second kappa shape index (κ2) is 8.42. The Morgan fingerprint density at radius 1 is 1.04 bits per heavy atom. The Kier molecular flexibility index (Phi) is 6.28. The van der Waals surface area contributed by atoms with Crippen molar-refractivity contribution in [3.8, 4) is 23.0 Å². The Hall–Kier alpha value is -2.44. The van der Waals surface area contributed by atoms with E-state index in [9.17, 15) is 15.3 Å². The average Bonchev–Trinajstić information content (AvgIpc) is 2.60. The SMILES string of the molecule is COc1cccc(CCNC[C@H](O)c2ccc(O)c(O)c2)c1OC. The van der Waals surface area contributed by atoms with Crippen molar-refractivity contribution in [2.24, 2.45) is 0 Å². The standard InChI is InChI=1S/C18H23NO5/c1-23-17-5-3-4-12(18(17)24-2)8-9-19-11-16(22)13-6-7-14(20)15(21)10-13/h3-7,10,16,19-22H,8-9,11H2,1-2H3/t16-/m0/s1. The van der Waals surface area contributed by atoms with Crippen molar-refractivity contribution in [3.05, 3.63) is 47.5 Å². The second-order valence-electron chi connectivity index (χ2n) is 5.37. The van der Waals surface area contributed by atoms with Gasteiger partial charge in [-0.1, -0.05) is 18.2 Å². The molecule has 2 aromatic rings. The number of aromatic hydroxyl groups is 2. The van der Waals surface area contributed by atoms with Gasteiger partial charge in [-0.15, -0.1) is 0 Å². The predicted octanol–water partition coefficient (Wildman–Crippen LogP) is 1.98. The van der Waals surface area contributed by atoms with E-state index in [1.165, 1.54) is 12.1 Å². The summed E-state index contributed by atoms with van der Waals surface area (Å²) in [6.45, 7) is 0.973. The number of benzene rings is 2. The van der Waals surface area contributed by atoms with E-state index in [0.29, 0.717) is 36.6 Å². The molecule has 130 valence electrons. The summed E-state index contributed by atoms with van der Waals surface area (Å²) in [6, 6.07) is 10.0. The van der Waals surface area contributed by atoms with E-state index in [1.807, 2.05) is 18.2 Å². The fourth-order valence-corrected chi connectivity index (χ4v) is 2.48. The fourth-order valence-electron chi connectivity index (χ4n) is 2.48. The van der Waals surface area contributed by atoms with Gasteiger partial charge in [-0.2, -0.15) is 0 Å². The van der Waals surface area contributed by atoms with Crippen LogP contribution >= 0.6 is 0 Å². The molecule has 0 aliphatic carbocycles. The first-order chi connectivity index (χ1) is 11.6. The molecule has 0 fully saturated rings. The number of ether oxygens (including phenoxy) is 2. The lowest BCUT2D eigenvalue weighted by molar-refractivity contribution is 0.174. The van der Waals surface area contributed by atoms with E-state index in [0.717, 1.165) is 5.56 Å². The van der Waals surface area contributed by atoms with Gasteiger partial charge in [0, 0.05) is 6.54 Å². The molecule has 0 saturated heterocycles. The molecule has 0 bridgehead atoms. The molecule has 0 aliphatic rings. The number of aliphatic hydroxyl groups excluding tert-OH is 1. The first-order valence-corrected chi connectivity index (χ1v) is 7.67. The summed E-state index contributed by atoms with van der Waals surface area (Å²) in [7, 11) is 3.21. The van der Waals surface area contributed by atoms with Crippen molar-refractivity contribution in [1.29, 1.82) is 0 Å². The van der Waals surface area contributed by atoms with Crippen LogP contribution in [0.4, 0.5) is 0 Å². The van der Waals surface area contributed by atoms with Gasteiger partial charge in [0.25, 0.3) is 0 Å². The lowest BCUT2D eigenvalue weighted by Gasteiger charge is -2.15. The van der Waals surface area contributed by atoms with Gasteiger partial charge in [-0.3, -0.25) is 0 Å². The van der Waals surface area contributed by atoms with Crippen molar-refractivity contribution in [2.75, 3.05) is 27.3 Å². The van der Waals surface area contributed by atoms with Crippen LogP contribution < -0.4 is 14.8 Å². The fraction of sp³-hybridized carbons (Fsp3) is 0.333. The van der Waals surface area contributed by atoms with Crippen molar-refractivity contribution in [1.82, 2.24) is 5.32 Å². The predicted molar refractivity (Wildman–Crippen MR) is 90.9 cm³/mol. The zero-order chi connectivity index (χ0) is 17.5. The van der Waals surface area contributed by atoms with Crippen LogP contribution in [0, 0.1) is 0 Å². The van der Waals surface area contributed by atoms with Gasteiger partial charge in [-0.05, 0) is 42.3 Å². The van der Waals surface area contributed by atoms with Crippen LogP contribution in [0.2, 0.25) is 0 Å². The molecule has 0 heterocycles. The van der Waals surface area contributed by atoms with Crippen molar-refractivity contribution in [2.45, 2.75) is 12.5 Å². The van der Waals surface area contributed by atoms with E-state index in [-0.39, 0.29) is 11.5 Å². The summed E-state index contributed by atoms with van der Waals surface area (Å²) in [5.41, 5.74) is 1.55. The van der Waals surface area contributed by atoms with Crippen LogP contribution in [0.1, 0.15) is 17.2 Å². The Balaban J connectivity index is 1.87. The minimum Gasteiger partial charge on any atom is -0.504 e. The highest BCUT2D eigenvalue weighted by molar-refractivity contribution is 5.46. The lowest BCUT2D eigenvalue weighted by Crippen LogP contribution is -2.23. The van der Waals surface area contributed by atoms with Gasteiger partial charge >= 0.3 is 0 Å². The van der Waals surface area contributed by atoms with Gasteiger partial charge in [0.2, 0.25) is 0 Å². The Bertz CT molecular complexity index is 674. The van der Waals surface area contributed by atoms with Gasteiger partial charge in [0.15, 0.2) is 23.0 Å². The summed E-state index contributed by atoms with van der Waals surface area (Å²) in [5, 5.41) is 32.0. The first-order valence-electron chi connectivity index (χ1n) is 7.67. The molecular weight excluding hydrogens is 310 g/mol. The van der Waals surface area contributed by atoms with E-state index in [1.54, 1.807) is 20.3 Å². The van der Waals surface area contributed by atoms with Gasteiger partial charge in [0.1, 0.15) is 0 Å². The monoisotopic (exact) mass is 333 g/mol. The van der Waals surface area contributed by atoms with E-state index in [2.05, 4.69) is 5.32 Å². The van der Waals surface area contributed by atoms with Gasteiger partial charge < -0.3 is 30.1 Å². The van der Waals surface area contributed by atoms with Crippen molar-refractivity contribution in [3.63, 3.8) is 0 Å². The molecule has 0 aromatic heterocycles. The van der Waals surface area contributed by atoms with E-state index < -0.39 is 6.10 Å². The maximum absolute atomic E-state index is 10.1. The number of phenolic OH excluding ortho intramolecular Hbond substituents is 2. The molecule has 6 nitrogen and oxygen atoms in total. The van der Waals surface area contributed by atoms with Gasteiger partial charge in [0.05, 0.1) is 20.3 Å². The summed E-state index contributed by atoms with van der Waals surface area (Å²) >= 11 is 0. The summed E-state index contributed by atoms with van der Waals surface area (Å²) in [5.74, 6) is 0.956. The molecule has 0 saturated carbocycles. The maximum Gasteiger partial charge on any atom is 0.163 e. The summed E-state index contributed by atoms with van der Waals surface area (Å²) in [4.78, 5) is 0. The number of nitrogens with one attached hydrogen (secondary N) is 1. The Labute approximate surface area is 141 Å². The highest BCUT2D eigenvalue weighted by Gasteiger charge is 2.11. The number of para-hydroxylation sites is 1. The molecule has 2 aromatic carbocycles.